The molecule has 5 heteroatoms. The van der Waals surface area contributed by atoms with E-state index in [4.69, 9.17) is 10.3 Å². The molecule has 2 aliphatic rings. The summed E-state index contributed by atoms with van der Waals surface area (Å²) >= 11 is 0. The van der Waals surface area contributed by atoms with Crippen LogP contribution in [0.25, 0.3) is 0 Å². The third kappa shape index (κ3) is 2.86. The number of hydrogen-bond acceptors (Lipinski definition) is 3. The average molecular weight is 230 g/mol. The van der Waals surface area contributed by atoms with Crippen LogP contribution in [0.2, 0.25) is 0 Å². The fourth-order valence-electron chi connectivity index (χ4n) is 2.57. The molecule has 1 saturated carbocycles. The normalized spacial score (nSPS) is 24.4. The van der Waals surface area contributed by atoms with Crippen molar-refractivity contribution in [1.82, 2.24) is 10.4 Å². The number of piperidine rings is 1. The fourth-order valence-corrected chi connectivity index (χ4v) is 2.57. The lowest BCUT2D eigenvalue weighted by atomic mass is 9.89. The minimum absolute atomic E-state index is 0. The molecule has 0 radical (unpaired) electrons. The SMILES string of the molecule is O=C(O)N1CCC(CC(NO)C2CC2)CC1.[HH]. The lowest BCUT2D eigenvalue weighted by molar-refractivity contribution is 0.0859. The van der Waals surface area contributed by atoms with Crippen LogP contribution in [0.5, 0.6) is 0 Å². The Balaban J connectivity index is 0.00000144. The van der Waals surface area contributed by atoms with E-state index >= 15 is 0 Å². The molecule has 1 saturated heterocycles. The van der Waals surface area contributed by atoms with Gasteiger partial charge in [-0.25, -0.2) is 10.3 Å². The Hall–Kier alpha value is -0.810. The highest BCUT2D eigenvalue weighted by molar-refractivity contribution is 5.64. The highest BCUT2D eigenvalue weighted by Crippen LogP contribution is 2.36. The van der Waals surface area contributed by atoms with Crippen LogP contribution in [0.3, 0.4) is 0 Å². The van der Waals surface area contributed by atoms with Crippen molar-refractivity contribution >= 4 is 6.09 Å². The van der Waals surface area contributed by atoms with Gasteiger partial charge in [-0.05, 0) is 43.9 Å². The number of carbonyl (C=O) groups is 1. The highest BCUT2D eigenvalue weighted by Gasteiger charge is 2.33. The molecule has 0 aromatic heterocycles. The summed E-state index contributed by atoms with van der Waals surface area (Å²) in [4.78, 5) is 12.2. The molecule has 0 spiro atoms. The number of likely N-dealkylation sites (tertiary alicyclic amines) is 1. The topological polar surface area (TPSA) is 72.8 Å². The van der Waals surface area contributed by atoms with Gasteiger partial charge in [-0.3, -0.25) is 0 Å². The average Bonchev–Trinajstić information content (AvgIpc) is 3.10. The van der Waals surface area contributed by atoms with Gasteiger partial charge in [0.2, 0.25) is 0 Å². The molecule has 1 unspecified atom stereocenters. The fraction of sp³-hybridized carbons (Fsp3) is 0.909. The summed E-state index contributed by atoms with van der Waals surface area (Å²) in [5.41, 5.74) is 2.42. The van der Waals surface area contributed by atoms with Gasteiger partial charge in [0.15, 0.2) is 0 Å². The summed E-state index contributed by atoms with van der Waals surface area (Å²) in [6.45, 7) is 1.28. The van der Waals surface area contributed by atoms with Crippen LogP contribution in [0.1, 0.15) is 33.5 Å². The molecule has 3 N–H and O–H groups in total. The second-order valence-electron chi connectivity index (χ2n) is 5.02. The summed E-state index contributed by atoms with van der Waals surface area (Å²) < 4.78 is 0. The summed E-state index contributed by atoms with van der Waals surface area (Å²) in [7, 11) is 0. The van der Waals surface area contributed by atoms with Gasteiger partial charge in [-0.1, -0.05) is 0 Å². The number of carboxylic acid groups (broad SMARTS) is 1. The quantitative estimate of drug-likeness (QED) is 0.644. The first kappa shape index (κ1) is 11.7. The Morgan fingerprint density at radius 3 is 2.44 bits per heavy atom. The van der Waals surface area contributed by atoms with Crippen molar-refractivity contribution in [2.24, 2.45) is 11.8 Å². The first-order chi connectivity index (χ1) is 7.70. The van der Waals surface area contributed by atoms with Gasteiger partial charge in [0.25, 0.3) is 0 Å². The van der Waals surface area contributed by atoms with Crippen LogP contribution < -0.4 is 5.48 Å². The zero-order chi connectivity index (χ0) is 11.5. The number of amides is 1. The van der Waals surface area contributed by atoms with E-state index in [1.54, 1.807) is 0 Å². The smallest absolute Gasteiger partial charge is 0.407 e. The Bertz CT molecular complexity index is 253. The molecule has 2 rings (SSSR count). The first-order valence-corrected chi connectivity index (χ1v) is 6.08. The number of hydrogen-bond donors (Lipinski definition) is 3. The molecule has 1 heterocycles. The van der Waals surface area contributed by atoms with E-state index in [0.29, 0.717) is 24.9 Å². The van der Waals surface area contributed by atoms with Crippen molar-refractivity contribution in [2.75, 3.05) is 13.1 Å². The molecule has 16 heavy (non-hydrogen) atoms. The standard InChI is InChI=1S/C11H20N2O3.H2/c14-11(15)13-5-3-8(4-6-13)7-10(12-16)9-1-2-9;/h8-10,12,16H,1-7H2,(H,14,15);1H. The summed E-state index contributed by atoms with van der Waals surface area (Å²) in [5, 5.41) is 17.9. The highest BCUT2D eigenvalue weighted by atomic mass is 16.5. The third-order valence-electron chi connectivity index (χ3n) is 3.83. The van der Waals surface area contributed by atoms with Crippen LogP contribution in [0.4, 0.5) is 4.79 Å². The maximum absolute atomic E-state index is 10.7. The number of rotatable bonds is 4. The molecular formula is C11H22N2O3. The largest absolute Gasteiger partial charge is 0.465 e. The molecule has 1 atom stereocenters. The van der Waals surface area contributed by atoms with Crippen LogP contribution in [0, 0.1) is 11.8 Å². The van der Waals surface area contributed by atoms with Gasteiger partial charge in [0, 0.05) is 20.6 Å². The maximum atomic E-state index is 10.7. The molecule has 2 fully saturated rings. The van der Waals surface area contributed by atoms with E-state index in [9.17, 15) is 4.79 Å². The van der Waals surface area contributed by atoms with E-state index in [-0.39, 0.29) is 7.47 Å². The number of nitrogens with zero attached hydrogens (tertiary/aromatic N) is 1. The van der Waals surface area contributed by atoms with Gasteiger partial charge in [-0.15, -0.1) is 0 Å². The van der Waals surface area contributed by atoms with E-state index < -0.39 is 6.09 Å². The Morgan fingerprint density at radius 1 is 1.38 bits per heavy atom. The van der Waals surface area contributed by atoms with E-state index in [2.05, 4.69) is 5.48 Å². The van der Waals surface area contributed by atoms with Crippen LogP contribution in [-0.4, -0.2) is 40.4 Å². The molecule has 0 aromatic rings. The minimum Gasteiger partial charge on any atom is -0.465 e. The molecular weight excluding hydrogens is 208 g/mol. The van der Waals surface area contributed by atoms with Crippen molar-refractivity contribution in [3.63, 3.8) is 0 Å². The van der Waals surface area contributed by atoms with Crippen LogP contribution >= 0.6 is 0 Å². The molecule has 94 valence electrons. The van der Waals surface area contributed by atoms with Gasteiger partial charge in [0.05, 0.1) is 0 Å². The molecule has 1 aliphatic carbocycles. The summed E-state index contributed by atoms with van der Waals surface area (Å²) in [6.07, 6.45) is 4.46. The Labute approximate surface area is 96.9 Å². The summed E-state index contributed by atoms with van der Waals surface area (Å²) in [5.74, 6) is 1.20. The number of nitrogens with one attached hydrogen (secondary N) is 1. The van der Waals surface area contributed by atoms with E-state index in [1.165, 1.54) is 17.7 Å². The second kappa shape index (κ2) is 5.01. The van der Waals surface area contributed by atoms with Crippen molar-refractivity contribution in [2.45, 2.75) is 38.1 Å². The van der Waals surface area contributed by atoms with Crippen molar-refractivity contribution in [3.8, 4) is 0 Å². The van der Waals surface area contributed by atoms with Gasteiger partial charge < -0.3 is 15.2 Å². The molecule has 1 aliphatic heterocycles. The van der Waals surface area contributed by atoms with E-state index in [1.807, 2.05) is 0 Å². The van der Waals surface area contributed by atoms with Gasteiger partial charge in [-0.2, -0.15) is 0 Å². The van der Waals surface area contributed by atoms with Crippen molar-refractivity contribution < 1.29 is 16.5 Å². The lowest BCUT2D eigenvalue weighted by Crippen LogP contribution is -2.39. The molecule has 0 bridgehead atoms. The van der Waals surface area contributed by atoms with E-state index in [0.717, 1.165) is 19.3 Å². The van der Waals surface area contributed by atoms with Crippen molar-refractivity contribution in [1.29, 1.82) is 0 Å². The van der Waals surface area contributed by atoms with Crippen molar-refractivity contribution in [3.05, 3.63) is 0 Å². The molecule has 5 nitrogen and oxygen atoms in total. The van der Waals surface area contributed by atoms with Crippen LogP contribution in [0.15, 0.2) is 0 Å². The molecule has 0 aromatic carbocycles. The Kier molecular flexibility index (Phi) is 3.66. The maximum Gasteiger partial charge on any atom is 0.407 e. The summed E-state index contributed by atoms with van der Waals surface area (Å²) in [6, 6.07) is 0.223. The predicted octanol–water partition coefficient (Wildman–Crippen LogP) is 1.77. The van der Waals surface area contributed by atoms with Gasteiger partial charge >= 0.3 is 6.09 Å². The zero-order valence-corrected chi connectivity index (χ0v) is 9.43. The minimum atomic E-state index is -0.808. The van der Waals surface area contributed by atoms with Crippen LogP contribution in [-0.2, 0) is 0 Å². The first-order valence-electron chi connectivity index (χ1n) is 6.08. The lowest BCUT2D eigenvalue weighted by Gasteiger charge is -2.31. The molecule has 1 amide bonds. The third-order valence-corrected chi connectivity index (χ3v) is 3.83. The van der Waals surface area contributed by atoms with Gasteiger partial charge in [0.1, 0.15) is 0 Å². The monoisotopic (exact) mass is 230 g/mol. The Morgan fingerprint density at radius 2 is 2.00 bits per heavy atom. The second-order valence-corrected chi connectivity index (χ2v) is 5.02. The predicted molar refractivity (Wildman–Crippen MR) is 60.5 cm³/mol. The number of hydroxylamine groups is 1. The zero-order valence-electron chi connectivity index (χ0n) is 9.43.